The summed E-state index contributed by atoms with van der Waals surface area (Å²) in [5.41, 5.74) is 3.84. The normalized spacial score (nSPS) is 26.9. The average Bonchev–Trinajstić information content (AvgIpc) is 3.16. The Morgan fingerprint density at radius 3 is 2.41 bits per heavy atom. The summed E-state index contributed by atoms with van der Waals surface area (Å²) in [5, 5.41) is 10.8. The summed E-state index contributed by atoms with van der Waals surface area (Å²) >= 11 is 0. The number of ketones is 2. The van der Waals surface area contributed by atoms with E-state index in [1.807, 2.05) is 18.2 Å². The van der Waals surface area contributed by atoms with E-state index in [1.54, 1.807) is 49.4 Å². The molecule has 4 aliphatic rings. The lowest BCUT2D eigenvalue weighted by Gasteiger charge is -2.42. The van der Waals surface area contributed by atoms with Crippen molar-refractivity contribution in [3.05, 3.63) is 101 Å². The summed E-state index contributed by atoms with van der Waals surface area (Å²) in [6.07, 6.45) is 5.57. The van der Waals surface area contributed by atoms with Gasteiger partial charge >= 0.3 is 0 Å². The number of carbonyl (C=O) groups excluding carboxylic acids is 4. The van der Waals surface area contributed by atoms with Crippen LogP contribution in [0, 0.1) is 17.8 Å². The second-order valence-electron chi connectivity index (χ2n) is 10.1. The van der Waals surface area contributed by atoms with E-state index in [2.05, 4.69) is 6.58 Å². The molecule has 1 fully saturated rings. The highest BCUT2D eigenvalue weighted by Gasteiger charge is 2.56. The SMILES string of the molecule is C=Cc1ccc(N2C(=O)[C@H]3[C@H](CC=C4[C@H](c5ccccc5O)C5=C(C[C@H]43)C(=O)C(C)=CC5=O)C2=O)cc1. The lowest BCUT2D eigenvalue weighted by molar-refractivity contribution is -0.123. The van der Waals surface area contributed by atoms with Gasteiger partial charge < -0.3 is 5.11 Å². The van der Waals surface area contributed by atoms with Crippen LogP contribution in [0.25, 0.3) is 6.08 Å². The molecule has 1 aliphatic heterocycles. The smallest absolute Gasteiger partial charge is 0.238 e. The molecule has 2 aromatic carbocycles. The van der Waals surface area contributed by atoms with Gasteiger partial charge in [0.2, 0.25) is 11.8 Å². The number of phenols is 1. The molecule has 6 rings (SSSR count). The fraction of sp³-hybridized carbons (Fsp3) is 0.226. The molecular weight excluding hydrogens is 466 g/mol. The fourth-order valence-electron chi connectivity index (χ4n) is 6.48. The number of rotatable bonds is 3. The number of phenolic OH excluding ortho intramolecular Hbond substituents is 1. The van der Waals surface area contributed by atoms with E-state index in [0.717, 1.165) is 11.1 Å². The lowest BCUT2D eigenvalue weighted by atomic mass is 9.59. The zero-order valence-electron chi connectivity index (χ0n) is 20.3. The Morgan fingerprint density at radius 1 is 0.973 bits per heavy atom. The first-order valence-corrected chi connectivity index (χ1v) is 12.4. The molecule has 0 bridgehead atoms. The summed E-state index contributed by atoms with van der Waals surface area (Å²) in [4.78, 5) is 55.2. The molecule has 37 heavy (non-hydrogen) atoms. The van der Waals surface area contributed by atoms with E-state index >= 15 is 0 Å². The number of Topliss-reactive ketones (excluding diaryl/α,β-unsaturated/α-hetero) is 1. The summed E-state index contributed by atoms with van der Waals surface area (Å²) in [7, 11) is 0. The topological polar surface area (TPSA) is 91.8 Å². The fourth-order valence-corrected chi connectivity index (χ4v) is 6.48. The van der Waals surface area contributed by atoms with Crippen LogP contribution < -0.4 is 4.90 Å². The predicted molar refractivity (Wildman–Crippen MR) is 138 cm³/mol. The van der Waals surface area contributed by atoms with Gasteiger partial charge in [-0.1, -0.05) is 54.6 Å². The third-order valence-corrected chi connectivity index (χ3v) is 8.20. The van der Waals surface area contributed by atoms with Crippen molar-refractivity contribution in [1.29, 1.82) is 0 Å². The Kier molecular flexibility index (Phi) is 5.23. The van der Waals surface area contributed by atoms with E-state index in [0.29, 0.717) is 34.4 Å². The van der Waals surface area contributed by atoms with E-state index in [9.17, 15) is 24.3 Å². The van der Waals surface area contributed by atoms with Crippen LogP contribution in [0.5, 0.6) is 5.75 Å². The van der Waals surface area contributed by atoms with Gasteiger partial charge in [-0.3, -0.25) is 24.1 Å². The summed E-state index contributed by atoms with van der Waals surface area (Å²) < 4.78 is 0. The summed E-state index contributed by atoms with van der Waals surface area (Å²) in [6, 6.07) is 13.9. The minimum absolute atomic E-state index is 0.0207. The summed E-state index contributed by atoms with van der Waals surface area (Å²) in [6.45, 7) is 5.37. The molecule has 6 heteroatoms. The van der Waals surface area contributed by atoms with E-state index in [4.69, 9.17) is 0 Å². The minimum atomic E-state index is -0.652. The van der Waals surface area contributed by atoms with Crippen LogP contribution in [-0.2, 0) is 19.2 Å². The number of fused-ring (bicyclic) bond motifs is 3. The lowest BCUT2D eigenvalue weighted by Crippen LogP contribution is -2.39. The number of hydrogen-bond acceptors (Lipinski definition) is 5. The van der Waals surface area contributed by atoms with Gasteiger partial charge in [0, 0.05) is 28.2 Å². The van der Waals surface area contributed by atoms with E-state index in [1.165, 1.54) is 11.0 Å². The number of amides is 2. The molecule has 4 atom stereocenters. The molecular formula is C31H25NO5. The van der Waals surface area contributed by atoms with Crippen LogP contribution in [0.15, 0.2) is 89.6 Å². The van der Waals surface area contributed by atoms with Gasteiger partial charge in [0.25, 0.3) is 0 Å². The van der Waals surface area contributed by atoms with Crippen molar-refractivity contribution in [1.82, 2.24) is 0 Å². The zero-order chi connectivity index (χ0) is 26.0. The number of nitrogens with zero attached hydrogens (tertiary/aromatic N) is 1. The molecule has 1 saturated heterocycles. The highest BCUT2D eigenvalue weighted by molar-refractivity contribution is 6.25. The Bertz CT molecular complexity index is 1510. The quantitative estimate of drug-likeness (QED) is 0.383. The zero-order valence-corrected chi connectivity index (χ0v) is 20.3. The third kappa shape index (κ3) is 3.32. The van der Waals surface area contributed by atoms with Crippen LogP contribution in [0.4, 0.5) is 5.69 Å². The highest BCUT2D eigenvalue weighted by atomic mass is 16.3. The van der Waals surface area contributed by atoms with Crippen molar-refractivity contribution in [3.8, 4) is 5.75 Å². The van der Waals surface area contributed by atoms with Crippen molar-refractivity contribution in [2.45, 2.75) is 25.7 Å². The summed E-state index contributed by atoms with van der Waals surface area (Å²) in [5.74, 6) is -3.27. The monoisotopic (exact) mass is 491 g/mol. The van der Waals surface area contributed by atoms with Crippen molar-refractivity contribution < 1.29 is 24.3 Å². The number of hydrogen-bond donors (Lipinski definition) is 1. The first kappa shape index (κ1) is 23.1. The van der Waals surface area contributed by atoms with Gasteiger partial charge in [-0.25, -0.2) is 0 Å². The second-order valence-corrected chi connectivity index (χ2v) is 10.1. The maximum Gasteiger partial charge on any atom is 0.238 e. The number of imide groups is 1. The molecule has 1 heterocycles. The van der Waals surface area contributed by atoms with Crippen molar-refractivity contribution in [2.75, 3.05) is 4.90 Å². The average molecular weight is 492 g/mol. The number of carbonyl (C=O) groups is 4. The molecule has 6 nitrogen and oxygen atoms in total. The molecule has 0 aromatic heterocycles. The Morgan fingerprint density at radius 2 is 1.70 bits per heavy atom. The predicted octanol–water partition coefficient (Wildman–Crippen LogP) is 4.67. The van der Waals surface area contributed by atoms with Crippen LogP contribution in [0.2, 0.25) is 0 Å². The van der Waals surface area contributed by atoms with Gasteiger partial charge in [0.1, 0.15) is 5.75 Å². The van der Waals surface area contributed by atoms with E-state index in [-0.39, 0.29) is 35.6 Å². The number of anilines is 1. The Hall–Kier alpha value is -4.32. The highest BCUT2D eigenvalue weighted by Crippen LogP contribution is 2.56. The van der Waals surface area contributed by atoms with Crippen molar-refractivity contribution in [3.63, 3.8) is 0 Å². The Balaban J connectivity index is 1.48. The maximum atomic E-state index is 13.9. The second kappa shape index (κ2) is 8.37. The number of benzene rings is 2. The molecule has 0 saturated carbocycles. The number of aromatic hydroxyl groups is 1. The Labute approximate surface area is 214 Å². The third-order valence-electron chi connectivity index (χ3n) is 8.20. The van der Waals surface area contributed by atoms with Crippen molar-refractivity contribution in [2.24, 2.45) is 17.8 Å². The van der Waals surface area contributed by atoms with E-state index < -0.39 is 23.7 Å². The van der Waals surface area contributed by atoms with Gasteiger partial charge in [-0.2, -0.15) is 0 Å². The van der Waals surface area contributed by atoms with Crippen LogP contribution in [0.3, 0.4) is 0 Å². The van der Waals surface area contributed by atoms with Crippen LogP contribution in [0.1, 0.15) is 36.8 Å². The first-order valence-electron chi connectivity index (χ1n) is 12.4. The number of allylic oxidation sites excluding steroid dienone is 6. The molecule has 0 spiro atoms. The van der Waals surface area contributed by atoms with Gasteiger partial charge in [-0.15, -0.1) is 0 Å². The van der Waals surface area contributed by atoms with Gasteiger partial charge in [0.05, 0.1) is 17.5 Å². The maximum absolute atomic E-state index is 13.9. The van der Waals surface area contributed by atoms with Gasteiger partial charge in [-0.05, 0) is 55.5 Å². The molecule has 2 aromatic rings. The molecule has 2 amide bonds. The molecule has 3 aliphatic carbocycles. The molecule has 0 radical (unpaired) electrons. The number of para-hydroxylation sites is 1. The van der Waals surface area contributed by atoms with Gasteiger partial charge in [0.15, 0.2) is 11.6 Å². The molecule has 184 valence electrons. The largest absolute Gasteiger partial charge is 0.508 e. The van der Waals surface area contributed by atoms with Crippen molar-refractivity contribution >= 4 is 35.1 Å². The van der Waals surface area contributed by atoms with Crippen LogP contribution >= 0.6 is 0 Å². The standard InChI is InChI=1S/C31H25NO5/c1-3-17-8-10-18(11-9-17)32-30(36)21-13-12-19-22(27(21)31(32)37)15-23-28(25(34)14-16(2)29(23)35)26(19)20-6-4-5-7-24(20)33/h3-12,14,21-22,26-27,33H,1,13,15H2,2H3/t21-,22+,26+,27-/m0/s1. The first-order chi connectivity index (χ1) is 17.8. The molecule has 0 unspecified atom stereocenters. The minimum Gasteiger partial charge on any atom is -0.508 e. The molecule has 1 N–H and O–H groups in total. The van der Waals surface area contributed by atoms with Crippen LogP contribution in [-0.4, -0.2) is 28.5 Å².